The molecule has 0 unspecified atom stereocenters. The van der Waals surface area contributed by atoms with Crippen molar-refractivity contribution in [3.8, 4) is 0 Å². The minimum absolute atomic E-state index is 0.00144. The van der Waals surface area contributed by atoms with E-state index in [0.29, 0.717) is 24.3 Å². The van der Waals surface area contributed by atoms with Crippen LogP contribution in [-0.2, 0) is 14.4 Å². The predicted molar refractivity (Wildman–Crippen MR) is 93.8 cm³/mol. The fourth-order valence-electron chi connectivity index (χ4n) is 3.67. The zero-order valence-electron chi connectivity index (χ0n) is 14.9. The second-order valence-corrected chi connectivity index (χ2v) is 7.03. The molecule has 2 amide bonds. The van der Waals surface area contributed by atoms with Crippen molar-refractivity contribution >= 4 is 29.2 Å². The summed E-state index contributed by atoms with van der Waals surface area (Å²) < 4.78 is 39.1. The molecule has 0 saturated carbocycles. The number of carbonyl (C=O) groups excluding carboxylic acids is 2. The van der Waals surface area contributed by atoms with E-state index in [1.807, 2.05) is 0 Å². The largest absolute Gasteiger partial charge is 0.481 e. The first-order chi connectivity index (χ1) is 13.1. The number of benzene rings is 1. The van der Waals surface area contributed by atoms with Crippen LogP contribution in [-0.4, -0.2) is 60.1 Å². The molecule has 0 radical (unpaired) electrons. The van der Waals surface area contributed by atoms with Crippen LogP contribution in [0.3, 0.4) is 0 Å². The van der Waals surface area contributed by atoms with Gasteiger partial charge in [-0.05, 0) is 24.6 Å². The summed E-state index contributed by atoms with van der Waals surface area (Å²) in [6, 6.07) is 6.66. The van der Waals surface area contributed by atoms with Gasteiger partial charge in [-0.3, -0.25) is 19.3 Å². The first-order valence-corrected chi connectivity index (χ1v) is 8.87. The molecular formula is C18H20F3N3O4. The Morgan fingerprint density at radius 3 is 2.57 bits per heavy atom. The molecule has 0 spiro atoms. The second kappa shape index (κ2) is 7.78. The number of aliphatic carboxylic acids is 1. The SMILES string of the molecule is O=C(CN1C[C@@H](C(F)(F)F)[C@H](C(=O)O)C1)Nc1cccc(N2CCCC2=O)c1. The Kier molecular flexibility index (Phi) is 5.59. The number of anilines is 2. The quantitative estimate of drug-likeness (QED) is 0.790. The predicted octanol–water partition coefficient (Wildman–Crippen LogP) is 1.95. The van der Waals surface area contributed by atoms with Crippen molar-refractivity contribution in [3.63, 3.8) is 0 Å². The lowest BCUT2D eigenvalue weighted by atomic mass is 9.96. The fourth-order valence-corrected chi connectivity index (χ4v) is 3.67. The molecule has 2 aliphatic rings. The van der Waals surface area contributed by atoms with Gasteiger partial charge in [0.25, 0.3) is 0 Å². The number of alkyl halides is 3. The summed E-state index contributed by atoms with van der Waals surface area (Å²) in [7, 11) is 0. The van der Waals surface area contributed by atoms with Crippen LogP contribution in [0.1, 0.15) is 12.8 Å². The number of hydrogen-bond donors (Lipinski definition) is 2. The number of halogens is 3. The van der Waals surface area contributed by atoms with Crippen LogP contribution in [0.5, 0.6) is 0 Å². The maximum atomic E-state index is 13.0. The molecule has 28 heavy (non-hydrogen) atoms. The standard InChI is InChI=1S/C18H20F3N3O4/c19-18(20,21)14-9-23(8-13(14)17(27)28)10-15(25)22-11-3-1-4-12(7-11)24-6-2-5-16(24)26/h1,3-4,7,13-14H,2,5-6,8-10H2,(H,22,25)(H,27,28)/t13-,14-/m1/s1. The first-order valence-electron chi connectivity index (χ1n) is 8.87. The zero-order valence-corrected chi connectivity index (χ0v) is 14.9. The van der Waals surface area contributed by atoms with Gasteiger partial charge in [0, 0.05) is 37.4 Å². The topological polar surface area (TPSA) is 89.9 Å². The lowest BCUT2D eigenvalue weighted by molar-refractivity contribution is -0.188. The van der Waals surface area contributed by atoms with E-state index in [-0.39, 0.29) is 19.0 Å². The molecule has 3 rings (SSSR count). The number of carboxylic acids is 1. The van der Waals surface area contributed by atoms with E-state index >= 15 is 0 Å². The van der Waals surface area contributed by atoms with Crippen LogP contribution in [0.25, 0.3) is 0 Å². The molecule has 7 nitrogen and oxygen atoms in total. The van der Waals surface area contributed by atoms with Gasteiger partial charge in [-0.1, -0.05) is 6.07 Å². The molecular weight excluding hydrogens is 379 g/mol. The third kappa shape index (κ3) is 4.44. The minimum Gasteiger partial charge on any atom is -0.481 e. The Morgan fingerprint density at radius 2 is 2.00 bits per heavy atom. The number of carbonyl (C=O) groups is 3. The molecule has 2 fully saturated rings. The smallest absolute Gasteiger partial charge is 0.393 e. The van der Waals surface area contributed by atoms with Gasteiger partial charge in [0.15, 0.2) is 0 Å². The van der Waals surface area contributed by atoms with Gasteiger partial charge in [-0.15, -0.1) is 0 Å². The van der Waals surface area contributed by atoms with E-state index in [1.165, 1.54) is 4.90 Å². The minimum atomic E-state index is -4.63. The lowest BCUT2D eigenvalue weighted by Gasteiger charge is -2.19. The van der Waals surface area contributed by atoms with Crippen molar-refractivity contribution in [2.24, 2.45) is 11.8 Å². The number of nitrogens with one attached hydrogen (secondary N) is 1. The molecule has 2 aliphatic heterocycles. The molecule has 2 atom stereocenters. The fraction of sp³-hybridized carbons (Fsp3) is 0.500. The molecule has 10 heteroatoms. The van der Waals surface area contributed by atoms with Crippen LogP contribution in [0.2, 0.25) is 0 Å². The van der Waals surface area contributed by atoms with Gasteiger partial charge in [-0.2, -0.15) is 13.2 Å². The highest BCUT2D eigenvalue weighted by Crippen LogP contribution is 2.37. The average molecular weight is 399 g/mol. The van der Waals surface area contributed by atoms with E-state index in [9.17, 15) is 27.6 Å². The van der Waals surface area contributed by atoms with Gasteiger partial charge in [0.05, 0.1) is 18.4 Å². The number of hydrogen-bond acceptors (Lipinski definition) is 4. The highest BCUT2D eigenvalue weighted by Gasteiger charge is 2.52. The Labute approximate surface area is 159 Å². The van der Waals surface area contributed by atoms with E-state index in [1.54, 1.807) is 29.2 Å². The molecule has 1 aromatic rings. The molecule has 0 aromatic heterocycles. The van der Waals surface area contributed by atoms with Crippen molar-refractivity contribution in [3.05, 3.63) is 24.3 Å². The van der Waals surface area contributed by atoms with Crippen LogP contribution < -0.4 is 10.2 Å². The molecule has 1 aromatic carbocycles. The number of nitrogens with zero attached hydrogens (tertiary/aromatic N) is 2. The summed E-state index contributed by atoms with van der Waals surface area (Å²) >= 11 is 0. The van der Waals surface area contributed by atoms with Crippen LogP contribution in [0, 0.1) is 11.8 Å². The van der Waals surface area contributed by atoms with Crippen LogP contribution in [0.15, 0.2) is 24.3 Å². The maximum Gasteiger partial charge on any atom is 0.393 e. The second-order valence-electron chi connectivity index (χ2n) is 7.03. The van der Waals surface area contributed by atoms with Crippen LogP contribution >= 0.6 is 0 Å². The highest BCUT2D eigenvalue weighted by molar-refractivity contribution is 5.97. The zero-order chi connectivity index (χ0) is 20.5. The third-order valence-corrected chi connectivity index (χ3v) is 5.02. The number of likely N-dealkylation sites (tertiary alicyclic amines) is 1. The van der Waals surface area contributed by atoms with Crippen LogP contribution in [0.4, 0.5) is 24.5 Å². The normalized spacial score (nSPS) is 23.2. The van der Waals surface area contributed by atoms with Crippen molar-refractivity contribution in [1.29, 1.82) is 0 Å². The molecule has 152 valence electrons. The Hall–Kier alpha value is -2.62. The lowest BCUT2D eigenvalue weighted by Crippen LogP contribution is -2.34. The third-order valence-electron chi connectivity index (χ3n) is 5.02. The summed E-state index contributed by atoms with van der Waals surface area (Å²) in [5, 5.41) is 11.6. The molecule has 2 heterocycles. The Bertz CT molecular complexity index is 784. The summed E-state index contributed by atoms with van der Waals surface area (Å²) in [5.41, 5.74) is 1.06. The van der Waals surface area contributed by atoms with E-state index in [2.05, 4.69) is 5.32 Å². The summed E-state index contributed by atoms with van der Waals surface area (Å²) in [4.78, 5) is 38.0. The summed E-state index contributed by atoms with van der Waals surface area (Å²) in [6.07, 6.45) is -3.41. The number of carboxylic acid groups (broad SMARTS) is 1. The Balaban J connectivity index is 1.62. The van der Waals surface area contributed by atoms with Crippen molar-refractivity contribution in [1.82, 2.24) is 4.90 Å². The Morgan fingerprint density at radius 1 is 1.25 bits per heavy atom. The van der Waals surface area contributed by atoms with E-state index < -0.39 is 36.4 Å². The molecule has 0 aliphatic carbocycles. The van der Waals surface area contributed by atoms with Gasteiger partial charge >= 0.3 is 12.1 Å². The van der Waals surface area contributed by atoms with Gasteiger partial charge in [-0.25, -0.2) is 0 Å². The maximum absolute atomic E-state index is 13.0. The van der Waals surface area contributed by atoms with Gasteiger partial charge in [0.2, 0.25) is 11.8 Å². The number of rotatable bonds is 5. The van der Waals surface area contributed by atoms with Crippen molar-refractivity contribution < 1.29 is 32.7 Å². The summed E-state index contributed by atoms with van der Waals surface area (Å²) in [6.45, 7) is -0.617. The van der Waals surface area contributed by atoms with Gasteiger partial charge in [0.1, 0.15) is 0 Å². The molecule has 2 N–H and O–H groups in total. The van der Waals surface area contributed by atoms with Gasteiger partial charge < -0.3 is 15.3 Å². The molecule has 0 bridgehead atoms. The first kappa shape index (κ1) is 20.1. The summed E-state index contributed by atoms with van der Waals surface area (Å²) in [5.74, 6) is -5.65. The highest BCUT2D eigenvalue weighted by atomic mass is 19.4. The number of amides is 2. The average Bonchev–Trinajstić information content (AvgIpc) is 3.21. The van der Waals surface area contributed by atoms with Crippen molar-refractivity contribution in [2.45, 2.75) is 19.0 Å². The van der Waals surface area contributed by atoms with E-state index in [0.717, 1.165) is 6.42 Å². The molecule has 2 saturated heterocycles. The van der Waals surface area contributed by atoms with E-state index in [4.69, 9.17) is 5.11 Å². The monoisotopic (exact) mass is 399 g/mol. The van der Waals surface area contributed by atoms with Crippen molar-refractivity contribution in [2.75, 3.05) is 36.4 Å².